The Morgan fingerprint density at radius 3 is 2.05 bits per heavy atom. The number of likely N-dealkylation sites (tertiary alicyclic amines) is 1. The van der Waals surface area contributed by atoms with Gasteiger partial charge in [-0.2, -0.15) is 0 Å². The quantitative estimate of drug-likeness (QED) is 0.770. The third-order valence-corrected chi connectivity index (χ3v) is 4.47. The predicted octanol–water partition coefficient (Wildman–Crippen LogP) is 2.14. The van der Waals surface area contributed by atoms with Gasteiger partial charge in [-0.3, -0.25) is 9.59 Å². The van der Waals surface area contributed by atoms with E-state index >= 15 is 0 Å². The third-order valence-electron chi connectivity index (χ3n) is 4.47. The van der Waals surface area contributed by atoms with E-state index in [1.165, 1.54) is 0 Å². The fourth-order valence-corrected chi connectivity index (χ4v) is 2.50. The molecule has 0 spiro atoms. The van der Waals surface area contributed by atoms with Gasteiger partial charge in [-0.1, -0.05) is 20.8 Å². The van der Waals surface area contributed by atoms with E-state index in [-0.39, 0.29) is 29.2 Å². The SMILES string of the molecule is CC(=O)N1CCC(C(=O)N(C)C(C)C(C)(C)C)CC1. The number of nitrogens with zero attached hydrogens (tertiary/aromatic N) is 2. The number of hydrogen-bond acceptors (Lipinski definition) is 2. The molecule has 4 nitrogen and oxygen atoms in total. The average Bonchev–Trinajstić information content (AvgIpc) is 2.35. The van der Waals surface area contributed by atoms with Crippen LogP contribution in [0.2, 0.25) is 0 Å². The first-order chi connectivity index (χ1) is 8.64. The number of carbonyl (C=O) groups excluding carboxylic acids is 2. The Balaban J connectivity index is 2.58. The molecule has 1 aliphatic rings. The van der Waals surface area contributed by atoms with Crippen LogP contribution < -0.4 is 0 Å². The summed E-state index contributed by atoms with van der Waals surface area (Å²) in [6, 6.07) is 0.214. The summed E-state index contributed by atoms with van der Waals surface area (Å²) in [7, 11) is 1.90. The van der Waals surface area contributed by atoms with Crippen LogP contribution in [-0.2, 0) is 9.59 Å². The van der Waals surface area contributed by atoms with Crippen molar-refractivity contribution in [3.05, 3.63) is 0 Å². The molecular formula is C15H28N2O2. The molecule has 0 aliphatic carbocycles. The smallest absolute Gasteiger partial charge is 0.225 e. The topological polar surface area (TPSA) is 40.6 Å². The Bertz CT molecular complexity index is 339. The van der Waals surface area contributed by atoms with Crippen molar-refractivity contribution in [3.63, 3.8) is 0 Å². The van der Waals surface area contributed by atoms with Crippen molar-refractivity contribution in [1.82, 2.24) is 9.80 Å². The fourth-order valence-electron chi connectivity index (χ4n) is 2.50. The molecule has 1 heterocycles. The lowest BCUT2D eigenvalue weighted by atomic mass is 9.86. The Morgan fingerprint density at radius 1 is 1.21 bits per heavy atom. The highest BCUT2D eigenvalue weighted by Gasteiger charge is 2.33. The summed E-state index contributed by atoms with van der Waals surface area (Å²) in [6.07, 6.45) is 1.58. The van der Waals surface area contributed by atoms with Crippen LogP contribution >= 0.6 is 0 Å². The van der Waals surface area contributed by atoms with Gasteiger partial charge in [0.2, 0.25) is 11.8 Å². The van der Waals surface area contributed by atoms with Gasteiger partial charge in [-0.15, -0.1) is 0 Å². The Kier molecular flexibility index (Phi) is 4.99. The van der Waals surface area contributed by atoms with Gasteiger partial charge in [0.1, 0.15) is 0 Å². The van der Waals surface area contributed by atoms with Crippen LogP contribution in [0.4, 0.5) is 0 Å². The second-order valence-corrected chi connectivity index (χ2v) is 6.77. The summed E-state index contributed by atoms with van der Waals surface area (Å²) in [5, 5.41) is 0. The van der Waals surface area contributed by atoms with E-state index in [0.717, 1.165) is 12.8 Å². The van der Waals surface area contributed by atoms with Gasteiger partial charge in [0, 0.05) is 39.0 Å². The monoisotopic (exact) mass is 268 g/mol. The number of rotatable bonds is 2. The van der Waals surface area contributed by atoms with E-state index < -0.39 is 0 Å². The first-order valence-corrected chi connectivity index (χ1v) is 7.16. The summed E-state index contributed by atoms with van der Waals surface area (Å²) in [6.45, 7) is 11.6. The minimum Gasteiger partial charge on any atom is -0.343 e. The second kappa shape index (κ2) is 5.93. The first kappa shape index (κ1) is 16.0. The van der Waals surface area contributed by atoms with E-state index in [2.05, 4.69) is 27.7 Å². The summed E-state index contributed by atoms with van der Waals surface area (Å²) in [5.74, 6) is 0.415. The lowest BCUT2D eigenvalue weighted by Crippen LogP contribution is -2.48. The molecule has 4 heteroatoms. The number of amides is 2. The summed E-state index contributed by atoms with van der Waals surface area (Å²) in [4.78, 5) is 27.5. The zero-order valence-corrected chi connectivity index (χ0v) is 13.2. The molecule has 2 amide bonds. The van der Waals surface area contributed by atoms with Crippen LogP contribution in [0.25, 0.3) is 0 Å². The lowest BCUT2D eigenvalue weighted by Gasteiger charge is -2.39. The molecule has 110 valence electrons. The molecule has 1 rings (SSSR count). The highest BCUT2D eigenvalue weighted by Crippen LogP contribution is 2.26. The number of hydrogen-bond donors (Lipinski definition) is 0. The van der Waals surface area contributed by atoms with Crippen molar-refractivity contribution in [3.8, 4) is 0 Å². The van der Waals surface area contributed by atoms with Crippen LogP contribution in [0.15, 0.2) is 0 Å². The fraction of sp³-hybridized carbons (Fsp3) is 0.867. The Labute approximate surface area is 117 Å². The summed E-state index contributed by atoms with van der Waals surface area (Å²) < 4.78 is 0. The van der Waals surface area contributed by atoms with E-state index in [9.17, 15) is 9.59 Å². The van der Waals surface area contributed by atoms with Gasteiger partial charge < -0.3 is 9.80 Å². The summed E-state index contributed by atoms with van der Waals surface area (Å²) >= 11 is 0. The largest absolute Gasteiger partial charge is 0.343 e. The van der Waals surface area contributed by atoms with E-state index in [1.807, 2.05) is 16.8 Å². The molecular weight excluding hydrogens is 240 g/mol. The normalized spacial score (nSPS) is 19.2. The predicted molar refractivity (Wildman–Crippen MR) is 76.7 cm³/mol. The molecule has 0 saturated carbocycles. The molecule has 0 aromatic carbocycles. The average molecular weight is 268 g/mol. The van der Waals surface area contributed by atoms with Crippen LogP contribution in [0.3, 0.4) is 0 Å². The molecule has 1 saturated heterocycles. The van der Waals surface area contributed by atoms with Crippen molar-refractivity contribution >= 4 is 11.8 Å². The molecule has 0 radical (unpaired) electrons. The van der Waals surface area contributed by atoms with Gasteiger partial charge in [-0.05, 0) is 25.2 Å². The van der Waals surface area contributed by atoms with Crippen molar-refractivity contribution < 1.29 is 9.59 Å². The van der Waals surface area contributed by atoms with Crippen molar-refractivity contribution in [2.75, 3.05) is 20.1 Å². The standard InChI is InChI=1S/C15H28N2O2/c1-11(15(3,4)5)16(6)14(19)13-7-9-17(10-8-13)12(2)18/h11,13H,7-10H2,1-6H3. The van der Waals surface area contributed by atoms with Crippen LogP contribution in [0.5, 0.6) is 0 Å². The molecule has 0 bridgehead atoms. The maximum Gasteiger partial charge on any atom is 0.225 e. The minimum absolute atomic E-state index is 0.0744. The Morgan fingerprint density at radius 2 is 1.68 bits per heavy atom. The van der Waals surface area contributed by atoms with Gasteiger partial charge >= 0.3 is 0 Å². The second-order valence-electron chi connectivity index (χ2n) is 6.77. The molecule has 0 aromatic heterocycles. The summed E-state index contributed by atoms with van der Waals surface area (Å²) in [5.41, 5.74) is 0.0878. The highest BCUT2D eigenvalue weighted by molar-refractivity contribution is 5.79. The first-order valence-electron chi connectivity index (χ1n) is 7.16. The van der Waals surface area contributed by atoms with Crippen LogP contribution in [-0.4, -0.2) is 47.8 Å². The van der Waals surface area contributed by atoms with Crippen LogP contribution in [0, 0.1) is 11.3 Å². The Hall–Kier alpha value is -1.06. The zero-order valence-electron chi connectivity index (χ0n) is 13.2. The molecule has 0 N–H and O–H groups in total. The lowest BCUT2D eigenvalue weighted by molar-refractivity contribution is -0.142. The molecule has 1 atom stereocenters. The van der Waals surface area contributed by atoms with E-state index in [4.69, 9.17) is 0 Å². The van der Waals surface area contributed by atoms with Gasteiger partial charge in [0.15, 0.2) is 0 Å². The maximum absolute atomic E-state index is 12.5. The van der Waals surface area contributed by atoms with Gasteiger partial charge in [-0.25, -0.2) is 0 Å². The number of piperidine rings is 1. The van der Waals surface area contributed by atoms with Gasteiger partial charge in [0.25, 0.3) is 0 Å². The number of carbonyl (C=O) groups is 2. The maximum atomic E-state index is 12.5. The van der Waals surface area contributed by atoms with Crippen LogP contribution in [0.1, 0.15) is 47.5 Å². The van der Waals surface area contributed by atoms with Crippen molar-refractivity contribution in [1.29, 1.82) is 0 Å². The minimum atomic E-state index is 0.0744. The van der Waals surface area contributed by atoms with Crippen molar-refractivity contribution in [2.24, 2.45) is 11.3 Å². The molecule has 19 heavy (non-hydrogen) atoms. The molecule has 1 unspecified atom stereocenters. The van der Waals surface area contributed by atoms with Crippen molar-refractivity contribution in [2.45, 2.75) is 53.5 Å². The van der Waals surface area contributed by atoms with E-state index in [1.54, 1.807) is 6.92 Å². The molecule has 1 aliphatic heterocycles. The van der Waals surface area contributed by atoms with Gasteiger partial charge in [0.05, 0.1) is 0 Å². The highest BCUT2D eigenvalue weighted by atomic mass is 16.2. The third kappa shape index (κ3) is 3.95. The zero-order chi connectivity index (χ0) is 14.8. The molecule has 1 fully saturated rings. The van der Waals surface area contributed by atoms with E-state index in [0.29, 0.717) is 13.1 Å². The molecule has 0 aromatic rings.